The van der Waals surface area contributed by atoms with Crippen molar-refractivity contribution in [3.63, 3.8) is 0 Å². The molecule has 0 unspecified atom stereocenters. The van der Waals surface area contributed by atoms with E-state index in [2.05, 4.69) is 10.3 Å². The zero-order valence-corrected chi connectivity index (χ0v) is 12.1. The molecule has 0 atom stereocenters. The van der Waals surface area contributed by atoms with Crippen LogP contribution in [0, 0.1) is 6.92 Å². The van der Waals surface area contributed by atoms with E-state index >= 15 is 0 Å². The van der Waals surface area contributed by atoms with Crippen molar-refractivity contribution in [3.05, 3.63) is 57.4 Å². The second-order valence-electron chi connectivity index (χ2n) is 4.65. The van der Waals surface area contributed by atoms with Crippen LogP contribution in [0.5, 0.6) is 0 Å². The van der Waals surface area contributed by atoms with E-state index in [1.165, 1.54) is 17.4 Å². The number of hydrogen-bond acceptors (Lipinski definition) is 5. The van der Waals surface area contributed by atoms with Gasteiger partial charge in [0.25, 0.3) is 0 Å². The predicted octanol–water partition coefficient (Wildman–Crippen LogP) is 2.74. The zero-order valence-electron chi connectivity index (χ0n) is 11.3. The number of benzene rings is 1. The summed E-state index contributed by atoms with van der Waals surface area (Å²) in [5.74, 6) is -0.211. The van der Waals surface area contributed by atoms with Gasteiger partial charge < -0.3 is 9.73 Å². The van der Waals surface area contributed by atoms with Gasteiger partial charge in [-0.2, -0.15) is 0 Å². The van der Waals surface area contributed by atoms with E-state index < -0.39 is 5.63 Å². The minimum Gasteiger partial charge on any atom is -0.423 e. The molecule has 5 nitrogen and oxygen atoms in total. The molecule has 2 heterocycles. The molecule has 0 spiro atoms. The maximum absolute atomic E-state index is 12.0. The lowest BCUT2D eigenvalue weighted by Gasteiger charge is -2.06. The summed E-state index contributed by atoms with van der Waals surface area (Å²) in [6.07, 6.45) is 1.72. The molecule has 0 bridgehead atoms. The van der Waals surface area contributed by atoms with Crippen molar-refractivity contribution in [2.75, 3.05) is 5.32 Å². The van der Waals surface area contributed by atoms with Crippen molar-refractivity contribution < 1.29 is 9.21 Å². The van der Waals surface area contributed by atoms with Crippen molar-refractivity contribution >= 4 is 33.3 Å². The van der Waals surface area contributed by atoms with E-state index in [1.54, 1.807) is 17.6 Å². The van der Waals surface area contributed by atoms with Crippen LogP contribution >= 0.6 is 11.3 Å². The van der Waals surface area contributed by atoms with E-state index in [1.807, 2.05) is 19.1 Å². The molecule has 0 saturated carbocycles. The number of carbonyl (C=O) groups is 1. The lowest BCUT2D eigenvalue weighted by molar-refractivity contribution is -0.115. The molecule has 21 heavy (non-hydrogen) atoms. The topological polar surface area (TPSA) is 72.2 Å². The number of aryl methyl sites for hydroxylation is 1. The smallest absolute Gasteiger partial charge is 0.336 e. The third-order valence-corrected chi connectivity index (χ3v) is 3.70. The maximum atomic E-state index is 12.0. The van der Waals surface area contributed by atoms with Gasteiger partial charge in [0.05, 0.1) is 6.42 Å². The Kier molecular flexibility index (Phi) is 3.53. The Hall–Kier alpha value is -2.47. The summed E-state index contributed by atoms with van der Waals surface area (Å²) in [5, 5.41) is 5.80. The minimum atomic E-state index is -0.454. The van der Waals surface area contributed by atoms with E-state index in [9.17, 15) is 9.59 Å². The first-order valence-corrected chi connectivity index (χ1v) is 7.22. The molecule has 0 aliphatic rings. The summed E-state index contributed by atoms with van der Waals surface area (Å²) in [5.41, 5.74) is 1.69. The van der Waals surface area contributed by atoms with E-state index in [0.717, 1.165) is 10.9 Å². The molecule has 0 saturated heterocycles. The van der Waals surface area contributed by atoms with Crippen LogP contribution in [0.4, 0.5) is 5.13 Å². The Labute approximate surface area is 124 Å². The standard InChI is InChI=1S/C15H12N2O3S/c1-9-2-3-11-10(8-14(19)20-12(11)6-9)7-13(18)17-15-16-4-5-21-15/h2-6,8H,7H2,1H3,(H,16,17,18). The molecule has 0 aliphatic carbocycles. The van der Waals surface area contributed by atoms with Gasteiger partial charge in [0.1, 0.15) is 5.58 Å². The molecule has 1 aromatic carbocycles. The number of aromatic nitrogens is 1. The van der Waals surface area contributed by atoms with Crippen molar-refractivity contribution in [2.45, 2.75) is 13.3 Å². The average molecular weight is 300 g/mol. The minimum absolute atomic E-state index is 0.102. The molecule has 1 amide bonds. The van der Waals surface area contributed by atoms with E-state index in [4.69, 9.17) is 4.42 Å². The Morgan fingerprint density at radius 1 is 1.38 bits per heavy atom. The number of fused-ring (bicyclic) bond motifs is 1. The normalized spacial score (nSPS) is 10.7. The molecule has 0 aliphatic heterocycles. The highest BCUT2D eigenvalue weighted by Crippen LogP contribution is 2.19. The summed E-state index contributed by atoms with van der Waals surface area (Å²) in [7, 11) is 0. The first-order chi connectivity index (χ1) is 10.1. The van der Waals surface area contributed by atoms with Crippen LogP contribution < -0.4 is 10.9 Å². The summed E-state index contributed by atoms with van der Waals surface area (Å²) >= 11 is 1.35. The highest BCUT2D eigenvalue weighted by Gasteiger charge is 2.11. The molecule has 106 valence electrons. The highest BCUT2D eigenvalue weighted by atomic mass is 32.1. The summed E-state index contributed by atoms with van der Waals surface area (Å²) < 4.78 is 5.17. The Balaban J connectivity index is 1.93. The number of thiazole rings is 1. The van der Waals surface area contributed by atoms with Gasteiger partial charge >= 0.3 is 5.63 Å². The Bertz CT molecular complexity index is 853. The monoisotopic (exact) mass is 300 g/mol. The first kappa shape index (κ1) is 13.5. The number of anilines is 1. The van der Waals surface area contributed by atoms with E-state index in [-0.39, 0.29) is 12.3 Å². The van der Waals surface area contributed by atoms with Gasteiger partial charge in [-0.05, 0) is 24.1 Å². The van der Waals surface area contributed by atoms with Gasteiger partial charge in [-0.25, -0.2) is 9.78 Å². The maximum Gasteiger partial charge on any atom is 0.336 e. The van der Waals surface area contributed by atoms with Gasteiger partial charge in [-0.3, -0.25) is 4.79 Å². The SMILES string of the molecule is Cc1ccc2c(CC(=O)Nc3nccs3)cc(=O)oc2c1. The number of rotatable bonds is 3. The lowest BCUT2D eigenvalue weighted by atomic mass is 10.1. The van der Waals surface area contributed by atoms with Gasteiger partial charge in [-0.1, -0.05) is 12.1 Å². The third-order valence-electron chi connectivity index (χ3n) is 3.02. The second-order valence-corrected chi connectivity index (χ2v) is 5.55. The number of nitrogens with one attached hydrogen (secondary N) is 1. The fraction of sp³-hybridized carbons (Fsp3) is 0.133. The fourth-order valence-electron chi connectivity index (χ4n) is 2.10. The molecule has 6 heteroatoms. The van der Waals surface area contributed by atoms with Crippen molar-refractivity contribution in [1.82, 2.24) is 4.98 Å². The Morgan fingerprint density at radius 3 is 3.00 bits per heavy atom. The van der Waals surface area contributed by atoms with Crippen LogP contribution in [0.25, 0.3) is 11.0 Å². The summed E-state index contributed by atoms with van der Waals surface area (Å²) in [6, 6.07) is 6.93. The lowest BCUT2D eigenvalue weighted by Crippen LogP contribution is -2.15. The van der Waals surface area contributed by atoms with Crippen LogP contribution in [0.3, 0.4) is 0 Å². The number of carbonyl (C=O) groups excluding carboxylic acids is 1. The largest absolute Gasteiger partial charge is 0.423 e. The van der Waals surface area contributed by atoms with Crippen molar-refractivity contribution in [1.29, 1.82) is 0 Å². The van der Waals surface area contributed by atoms with Crippen molar-refractivity contribution in [3.8, 4) is 0 Å². The predicted molar refractivity (Wildman–Crippen MR) is 81.7 cm³/mol. The van der Waals surface area contributed by atoms with Crippen LogP contribution in [0.15, 0.2) is 45.1 Å². The van der Waals surface area contributed by atoms with E-state index in [0.29, 0.717) is 16.3 Å². The van der Waals surface area contributed by atoms with Crippen LogP contribution in [0.1, 0.15) is 11.1 Å². The van der Waals surface area contributed by atoms with Crippen molar-refractivity contribution in [2.24, 2.45) is 0 Å². The van der Waals surface area contributed by atoms with Crippen LogP contribution in [-0.4, -0.2) is 10.9 Å². The van der Waals surface area contributed by atoms with Gasteiger partial charge in [-0.15, -0.1) is 11.3 Å². The highest BCUT2D eigenvalue weighted by molar-refractivity contribution is 7.13. The molecule has 0 radical (unpaired) electrons. The van der Waals surface area contributed by atoms with Gasteiger partial charge in [0.15, 0.2) is 5.13 Å². The van der Waals surface area contributed by atoms with Crippen LogP contribution in [0.2, 0.25) is 0 Å². The number of nitrogens with zero attached hydrogens (tertiary/aromatic N) is 1. The molecule has 1 N–H and O–H groups in total. The quantitative estimate of drug-likeness (QED) is 0.755. The third kappa shape index (κ3) is 3.00. The second kappa shape index (κ2) is 5.49. The van der Waals surface area contributed by atoms with Crippen LogP contribution in [-0.2, 0) is 11.2 Å². The zero-order chi connectivity index (χ0) is 14.8. The van der Waals surface area contributed by atoms with Gasteiger partial charge in [0.2, 0.25) is 5.91 Å². The number of amides is 1. The summed E-state index contributed by atoms with van der Waals surface area (Å²) in [6.45, 7) is 1.92. The summed E-state index contributed by atoms with van der Waals surface area (Å²) in [4.78, 5) is 27.6. The first-order valence-electron chi connectivity index (χ1n) is 6.34. The fourth-order valence-corrected chi connectivity index (χ4v) is 2.65. The van der Waals surface area contributed by atoms with Gasteiger partial charge in [0, 0.05) is 23.0 Å². The molecule has 0 fully saturated rings. The molecule has 3 rings (SSSR count). The molecular formula is C15H12N2O3S. The molecule has 2 aromatic heterocycles. The Morgan fingerprint density at radius 2 is 2.24 bits per heavy atom. The molecule has 3 aromatic rings. The number of hydrogen-bond donors (Lipinski definition) is 1. The molecular weight excluding hydrogens is 288 g/mol. The average Bonchev–Trinajstić information content (AvgIpc) is 2.90.